The van der Waals surface area contributed by atoms with Crippen LogP contribution in [0.15, 0.2) is 16.7 Å². The summed E-state index contributed by atoms with van der Waals surface area (Å²) >= 11 is 3.30. The molecule has 0 spiro atoms. The smallest absolute Gasteiger partial charge is 0.344 e. The van der Waals surface area contributed by atoms with Crippen molar-refractivity contribution in [2.24, 2.45) is 0 Å². The monoisotopic (exact) mass is 337 g/mol. The molecule has 106 valence electrons. The second-order valence-electron chi connectivity index (χ2n) is 4.64. The lowest BCUT2D eigenvalue weighted by molar-refractivity contribution is -0.120. The maximum Gasteiger partial charge on any atom is 0.405 e. The van der Waals surface area contributed by atoms with Crippen LogP contribution in [-0.2, 0) is 6.54 Å². The minimum Gasteiger partial charge on any atom is -0.344 e. The Balaban J connectivity index is 2.30. The number of halogens is 4. The van der Waals surface area contributed by atoms with E-state index in [2.05, 4.69) is 26.2 Å². The summed E-state index contributed by atoms with van der Waals surface area (Å²) in [4.78, 5) is 5.56. The molecule has 1 N–H and O–H groups in total. The first-order chi connectivity index (χ1) is 8.90. The fraction of sp³-hybridized carbons (Fsp3) is 0.583. The molecule has 0 unspecified atom stereocenters. The maximum atomic E-state index is 12.7. The average Bonchev–Trinajstić information content (AvgIpc) is 3.09. The van der Waals surface area contributed by atoms with Crippen molar-refractivity contribution in [3.8, 4) is 0 Å². The van der Waals surface area contributed by atoms with E-state index in [4.69, 9.17) is 0 Å². The molecule has 1 saturated carbocycles. The van der Waals surface area contributed by atoms with Crippen molar-refractivity contribution in [3.05, 3.63) is 22.3 Å². The first-order valence-electron chi connectivity index (χ1n) is 6.03. The Kier molecular flexibility index (Phi) is 4.35. The molecule has 19 heavy (non-hydrogen) atoms. The van der Waals surface area contributed by atoms with Crippen molar-refractivity contribution < 1.29 is 13.2 Å². The number of alkyl halides is 3. The minimum absolute atomic E-state index is 0.0362. The normalized spacial score (nSPS) is 15.6. The van der Waals surface area contributed by atoms with Gasteiger partial charge in [-0.3, -0.25) is 0 Å². The summed E-state index contributed by atoms with van der Waals surface area (Å²) in [6.07, 6.45) is -1.08. The molecule has 0 aliphatic heterocycles. The molecule has 7 heteroatoms. The SMILES string of the molecule is CNCc1cc(Br)cnc1N(CC(F)(F)F)C1CC1. The van der Waals surface area contributed by atoms with Crippen molar-refractivity contribution in [2.45, 2.75) is 31.6 Å². The summed E-state index contributed by atoms with van der Waals surface area (Å²) < 4.78 is 38.8. The van der Waals surface area contributed by atoms with E-state index >= 15 is 0 Å². The summed E-state index contributed by atoms with van der Waals surface area (Å²) in [6.45, 7) is -0.453. The quantitative estimate of drug-likeness (QED) is 0.894. The molecule has 1 heterocycles. The van der Waals surface area contributed by atoms with Crippen molar-refractivity contribution in [1.29, 1.82) is 0 Å². The molecule has 0 bridgehead atoms. The Bertz CT molecular complexity index is 446. The number of pyridine rings is 1. The molecule has 0 aromatic carbocycles. The van der Waals surface area contributed by atoms with Gasteiger partial charge in [0.15, 0.2) is 0 Å². The van der Waals surface area contributed by atoms with Crippen LogP contribution in [-0.4, -0.2) is 30.8 Å². The van der Waals surface area contributed by atoms with E-state index in [1.807, 2.05) is 6.07 Å². The first-order valence-corrected chi connectivity index (χ1v) is 6.82. The lowest BCUT2D eigenvalue weighted by atomic mass is 10.2. The van der Waals surface area contributed by atoms with Gasteiger partial charge in [0.1, 0.15) is 12.4 Å². The highest BCUT2D eigenvalue weighted by Gasteiger charge is 2.39. The van der Waals surface area contributed by atoms with Gasteiger partial charge in [0.25, 0.3) is 0 Å². The summed E-state index contributed by atoms with van der Waals surface area (Å²) in [7, 11) is 1.76. The molecule has 1 fully saturated rings. The summed E-state index contributed by atoms with van der Waals surface area (Å²) in [5.41, 5.74) is 0.771. The third-order valence-corrected chi connectivity index (χ3v) is 3.32. The average molecular weight is 338 g/mol. The lowest BCUT2D eigenvalue weighted by Crippen LogP contribution is -2.37. The predicted molar refractivity (Wildman–Crippen MR) is 71.1 cm³/mol. The summed E-state index contributed by atoms with van der Waals surface area (Å²) in [5, 5.41) is 2.96. The van der Waals surface area contributed by atoms with Crippen LogP contribution >= 0.6 is 15.9 Å². The molecule has 0 saturated heterocycles. The summed E-state index contributed by atoms with van der Waals surface area (Å²) in [6, 6.07) is 1.77. The van der Waals surface area contributed by atoms with E-state index in [9.17, 15) is 13.2 Å². The van der Waals surface area contributed by atoms with Crippen LogP contribution in [0.25, 0.3) is 0 Å². The van der Waals surface area contributed by atoms with Gasteiger partial charge in [0.05, 0.1) is 0 Å². The van der Waals surface area contributed by atoms with Gasteiger partial charge >= 0.3 is 6.18 Å². The van der Waals surface area contributed by atoms with Gasteiger partial charge in [-0.15, -0.1) is 0 Å². The Labute approximate surface area is 118 Å². The predicted octanol–water partition coefficient (Wildman–Crippen LogP) is 3.09. The number of nitrogens with one attached hydrogen (secondary N) is 1. The zero-order valence-electron chi connectivity index (χ0n) is 10.5. The standard InChI is InChI=1S/C12H15BrF3N3/c1-17-5-8-4-9(13)6-18-11(8)19(10-2-3-10)7-12(14,15)16/h4,6,10,17H,2-3,5,7H2,1H3. The van der Waals surface area contributed by atoms with Gasteiger partial charge in [0.2, 0.25) is 0 Å². The molecular weight excluding hydrogens is 323 g/mol. The third kappa shape index (κ3) is 4.07. The number of anilines is 1. The molecule has 1 aliphatic rings. The van der Waals surface area contributed by atoms with Crippen LogP contribution in [0.3, 0.4) is 0 Å². The van der Waals surface area contributed by atoms with Crippen LogP contribution in [0.4, 0.5) is 19.0 Å². The van der Waals surface area contributed by atoms with E-state index in [0.717, 1.165) is 22.9 Å². The number of hydrogen-bond donors (Lipinski definition) is 1. The van der Waals surface area contributed by atoms with Crippen molar-refractivity contribution in [3.63, 3.8) is 0 Å². The lowest BCUT2D eigenvalue weighted by Gasteiger charge is -2.27. The molecule has 1 aliphatic carbocycles. The van der Waals surface area contributed by atoms with Gasteiger partial charge in [-0.25, -0.2) is 4.98 Å². The Morgan fingerprint density at radius 1 is 1.47 bits per heavy atom. The van der Waals surface area contributed by atoms with Gasteiger partial charge in [-0.05, 0) is 41.9 Å². The number of nitrogens with zero attached hydrogens (tertiary/aromatic N) is 2. The van der Waals surface area contributed by atoms with Gasteiger partial charge in [-0.2, -0.15) is 13.2 Å². The van der Waals surface area contributed by atoms with E-state index in [0.29, 0.717) is 12.4 Å². The van der Waals surface area contributed by atoms with Crippen molar-refractivity contribution in [1.82, 2.24) is 10.3 Å². The number of aromatic nitrogens is 1. The fourth-order valence-corrected chi connectivity index (χ4v) is 2.39. The van der Waals surface area contributed by atoms with E-state index in [1.165, 1.54) is 4.90 Å². The minimum atomic E-state index is -4.21. The second-order valence-corrected chi connectivity index (χ2v) is 5.56. The Morgan fingerprint density at radius 3 is 2.68 bits per heavy atom. The zero-order chi connectivity index (χ0) is 14.0. The zero-order valence-corrected chi connectivity index (χ0v) is 12.1. The van der Waals surface area contributed by atoms with Crippen LogP contribution in [0.5, 0.6) is 0 Å². The van der Waals surface area contributed by atoms with Crippen LogP contribution in [0.2, 0.25) is 0 Å². The molecule has 0 radical (unpaired) electrons. The van der Waals surface area contributed by atoms with E-state index in [-0.39, 0.29) is 6.04 Å². The molecular formula is C12H15BrF3N3. The number of rotatable bonds is 5. The fourth-order valence-electron chi connectivity index (χ4n) is 2.01. The third-order valence-electron chi connectivity index (χ3n) is 2.89. The highest BCUT2D eigenvalue weighted by atomic mass is 79.9. The largest absolute Gasteiger partial charge is 0.405 e. The van der Waals surface area contributed by atoms with Gasteiger partial charge < -0.3 is 10.2 Å². The first kappa shape index (κ1) is 14.6. The molecule has 3 nitrogen and oxygen atoms in total. The Morgan fingerprint density at radius 2 is 2.16 bits per heavy atom. The molecule has 0 amide bonds. The van der Waals surface area contributed by atoms with Gasteiger partial charge in [0, 0.05) is 28.8 Å². The highest BCUT2D eigenvalue weighted by molar-refractivity contribution is 9.10. The molecule has 1 aromatic heterocycles. The molecule has 2 rings (SSSR count). The molecule has 0 atom stereocenters. The highest BCUT2D eigenvalue weighted by Crippen LogP contribution is 2.35. The van der Waals surface area contributed by atoms with Gasteiger partial charge in [-0.1, -0.05) is 0 Å². The van der Waals surface area contributed by atoms with Crippen molar-refractivity contribution in [2.75, 3.05) is 18.5 Å². The maximum absolute atomic E-state index is 12.7. The van der Waals surface area contributed by atoms with E-state index in [1.54, 1.807) is 13.2 Å². The Hall–Kier alpha value is -0.820. The van der Waals surface area contributed by atoms with Crippen LogP contribution in [0.1, 0.15) is 18.4 Å². The number of hydrogen-bond acceptors (Lipinski definition) is 3. The molecule has 1 aromatic rings. The van der Waals surface area contributed by atoms with Crippen molar-refractivity contribution >= 4 is 21.7 Å². The van der Waals surface area contributed by atoms with Crippen LogP contribution in [0, 0.1) is 0 Å². The van der Waals surface area contributed by atoms with Crippen LogP contribution < -0.4 is 10.2 Å². The summed E-state index contributed by atoms with van der Waals surface area (Å²) in [5.74, 6) is 0.428. The second kappa shape index (κ2) is 5.66. The topological polar surface area (TPSA) is 28.2 Å². The van der Waals surface area contributed by atoms with E-state index < -0.39 is 12.7 Å².